The SMILES string of the molecule is COc1ccccc1CNCc1ccsc1. The van der Waals surface area contributed by atoms with Gasteiger partial charge < -0.3 is 10.1 Å². The highest BCUT2D eigenvalue weighted by molar-refractivity contribution is 7.07. The maximum Gasteiger partial charge on any atom is 0.123 e. The maximum absolute atomic E-state index is 5.30. The summed E-state index contributed by atoms with van der Waals surface area (Å²) >= 11 is 1.73. The fourth-order valence-corrected chi connectivity index (χ4v) is 2.25. The van der Waals surface area contributed by atoms with Gasteiger partial charge in [0.15, 0.2) is 0 Å². The molecule has 0 bridgehead atoms. The van der Waals surface area contributed by atoms with Crippen LogP contribution in [-0.4, -0.2) is 7.11 Å². The summed E-state index contributed by atoms with van der Waals surface area (Å²) in [6.45, 7) is 1.74. The summed E-state index contributed by atoms with van der Waals surface area (Å²) in [6, 6.07) is 10.2. The van der Waals surface area contributed by atoms with E-state index < -0.39 is 0 Å². The van der Waals surface area contributed by atoms with Crippen LogP contribution in [0.4, 0.5) is 0 Å². The van der Waals surface area contributed by atoms with E-state index in [1.807, 2.05) is 18.2 Å². The van der Waals surface area contributed by atoms with Crippen LogP contribution < -0.4 is 10.1 Å². The monoisotopic (exact) mass is 233 g/mol. The summed E-state index contributed by atoms with van der Waals surface area (Å²) in [6.07, 6.45) is 0. The standard InChI is InChI=1S/C13H15NOS/c1-15-13-5-3-2-4-12(13)9-14-8-11-6-7-16-10-11/h2-7,10,14H,8-9H2,1H3. The summed E-state index contributed by atoms with van der Waals surface area (Å²) in [4.78, 5) is 0. The van der Waals surface area contributed by atoms with E-state index >= 15 is 0 Å². The molecule has 1 aromatic carbocycles. The first kappa shape index (κ1) is 11.2. The van der Waals surface area contributed by atoms with E-state index in [-0.39, 0.29) is 0 Å². The Morgan fingerprint density at radius 3 is 2.81 bits per heavy atom. The third kappa shape index (κ3) is 2.84. The molecule has 1 heterocycles. The second-order valence-electron chi connectivity index (χ2n) is 3.55. The molecule has 0 saturated carbocycles. The lowest BCUT2D eigenvalue weighted by atomic mass is 10.2. The van der Waals surface area contributed by atoms with Crippen LogP contribution in [-0.2, 0) is 13.1 Å². The Kier molecular flexibility index (Phi) is 3.97. The molecule has 3 heteroatoms. The van der Waals surface area contributed by atoms with Crippen molar-refractivity contribution in [1.29, 1.82) is 0 Å². The van der Waals surface area contributed by atoms with Crippen LogP contribution >= 0.6 is 11.3 Å². The van der Waals surface area contributed by atoms with Crippen molar-refractivity contribution in [2.75, 3.05) is 7.11 Å². The fourth-order valence-electron chi connectivity index (χ4n) is 1.58. The fraction of sp³-hybridized carbons (Fsp3) is 0.231. The molecular weight excluding hydrogens is 218 g/mol. The van der Waals surface area contributed by atoms with Gasteiger partial charge in [-0.05, 0) is 28.5 Å². The minimum atomic E-state index is 0.833. The molecule has 2 nitrogen and oxygen atoms in total. The molecule has 0 aliphatic rings. The summed E-state index contributed by atoms with van der Waals surface area (Å²) in [5, 5.41) is 7.66. The van der Waals surface area contributed by atoms with Crippen molar-refractivity contribution >= 4 is 11.3 Å². The van der Waals surface area contributed by atoms with E-state index in [9.17, 15) is 0 Å². The third-order valence-corrected chi connectivity index (χ3v) is 3.15. The lowest BCUT2D eigenvalue weighted by Gasteiger charge is -2.08. The zero-order chi connectivity index (χ0) is 11.2. The molecule has 0 spiro atoms. The Balaban J connectivity index is 1.89. The minimum absolute atomic E-state index is 0.833. The van der Waals surface area contributed by atoms with Crippen LogP contribution in [0.2, 0.25) is 0 Å². The van der Waals surface area contributed by atoms with Gasteiger partial charge in [0.05, 0.1) is 7.11 Å². The van der Waals surface area contributed by atoms with E-state index in [0.717, 1.165) is 18.8 Å². The van der Waals surface area contributed by atoms with Gasteiger partial charge >= 0.3 is 0 Å². The summed E-state index contributed by atoms with van der Waals surface area (Å²) in [5.74, 6) is 0.945. The van der Waals surface area contributed by atoms with Gasteiger partial charge in [-0.2, -0.15) is 11.3 Å². The Labute approximate surface area is 99.9 Å². The highest BCUT2D eigenvalue weighted by atomic mass is 32.1. The Bertz CT molecular complexity index is 425. The van der Waals surface area contributed by atoms with Crippen LogP contribution in [0.15, 0.2) is 41.1 Å². The summed E-state index contributed by atoms with van der Waals surface area (Å²) < 4.78 is 5.30. The smallest absolute Gasteiger partial charge is 0.123 e. The predicted octanol–water partition coefficient (Wildman–Crippen LogP) is 3.05. The van der Waals surface area contributed by atoms with Gasteiger partial charge in [0.25, 0.3) is 0 Å². The van der Waals surface area contributed by atoms with Crippen molar-refractivity contribution in [2.24, 2.45) is 0 Å². The molecule has 16 heavy (non-hydrogen) atoms. The van der Waals surface area contributed by atoms with Crippen LogP contribution in [0, 0.1) is 0 Å². The number of benzene rings is 1. The number of thiophene rings is 1. The van der Waals surface area contributed by atoms with Crippen molar-refractivity contribution in [1.82, 2.24) is 5.32 Å². The molecule has 2 aromatic rings. The highest BCUT2D eigenvalue weighted by Crippen LogP contribution is 2.16. The van der Waals surface area contributed by atoms with Gasteiger partial charge in [-0.15, -0.1) is 0 Å². The minimum Gasteiger partial charge on any atom is -0.496 e. The predicted molar refractivity (Wildman–Crippen MR) is 67.9 cm³/mol. The van der Waals surface area contributed by atoms with E-state index in [4.69, 9.17) is 4.74 Å². The average molecular weight is 233 g/mol. The lowest BCUT2D eigenvalue weighted by Crippen LogP contribution is -2.12. The number of rotatable bonds is 5. The molecule has 0 atom stereocenters. The molecule has 0 aliphatic heterocycles. The molecule has 0 amide bonds. The second-order valence-corrected chi connectivity index (χ2v) is 4.33. The van der Waals surface area contributed by atoms with Gasteiger partial charge in [-0.1, -0.05) is 18.2 Å². The van der Waals surface area contributed by atoms with Crippen molar-refractivity contribution in [3.05, 3.63) is 52.2 Å². The molecule has 0 saturated heterocycles. The maximum atomic E-state index is 5.30. The average Bonchev–Trinajstić information content (AvgIpc) is 2.83. The number of nitrogens with one attached hydrogen (secondary N) is 1. The largest absolute Gasteiger partial charge is 0.496 e. The Hall–Kier alpha value is -1.32. The van der Waals surface area contributed by atoms with Crippen molar-refractivity contribution < 1.29 is 4.74 Å². The first-order valence-electron chi connectivity index (χ1n) is 5.24. The number of para-hydroxylation sites is 1. The topological polar surface area (TPSA) is 21.3 Å². The Morgan fingerprint density at radius 2 is 2.06 bits per heavy atom. The van der Waals surface area contributed by atoms with Crippen molar-refractivity contribution in [2.45, 2.75) is 13.1 Å². The van der Waals surface area contributed by atoms with Crippen molar-refractivity contribution in [3.8, 4) is 5.75 Å². The van der Waals surface area contributed by atoms with E-state index in [2.05, 4.69) is 28.2 Å². The first-order valence-corrected chi connectivity index (χ1v) is 6.18. The molecule has 84 valence electrons. The number of methoxy groups -OCH3 is 1. The lowest BCUT2D eigenvalue weighted by molar-refractivity contribution is 0.407. The van der Waals surface area contributed by atoms with Crippen LogP contribution in [0.5, 0.6) is 5.75 Å². The van der Waals surface area contributed by atoms with E-state index in [1.54, 1.807) is 18.4 Å². The zero-order valence-electron chi connectivity index (χ0n) is 9.27. The molecule has 1 aromatic heterocycles. The molecular formula is C13H15NOS. The molecule has 0 unspecified atom stereocenters. The summed E-state index contributed by atoms with van der Waals surface area (Å²) in [5.41, 5.74) is 2.53. The van der Waals surface area contributed by atoms with E-state index in [0.29, 0.717) is 0 Å². The molecule has 0 aliphatic carbocycles. The molecule has 0 fully saturated rings. The van der Waals surface area contributed by atoms with Gasteiger partial charge in [0, 0.05) is 18.7 Å². The van der Waals surface area contributed by atoms with Gasteiger partial charge in [-0.25, -0.2) is 0 Å². The highest BCUT2D eigenvalue weighted by Gasteiger charge is 2.00. The zero-order valence-corrected chi connectivity index (χ0v) is 10.1. The van der Waals surface area contributed by atoms with Crippen LogP contribution in [0.1, 0.15) is 11.1 Å². The summed E-state index contributed by atoms with van der Waals surface area (Å²) in [7, 11) is 1.71. The number of hydrogen-bond donors (Lipinski definition) is 1. The number of hydrogen-bond acceptors (Lipinski definition) is 3. The third-order valence-electron chi connectivity index (χ3n) is 2.42. The van der Waals surface area contributed by atoms with Gasteiger partial charge in [0.1, 0.15) is 5.75 Å². The van der Waals surface area contributed by atoms with Gasteiger partial charge in [-0.3, -0.25) is 0 Å². The molecule has 1 N–H and O–H groups in total. The van der Waals surface area contributed by atoms with Gasteiger partial charge in [0.2, 0.25) is 0 Å². The van der Waals surface area contributed by atoms with E-state index in [1.165, 1.54) is 11.1 Å². The van der Waals surface area contributed by atoms with Crippen LogP contribution in [0.25, 0.3) is 0 Å². The Morgan fingerprint density at radius 1 is 1.19 bits per heavy atom. The quantitative estimate of drug-likeness (QED) is 0.857. The normalized spacial score (nSPS) is 10.3. The number of ether oxygens (including phenoxy) is 1. The van der Waals surface area contributed by atoms with Crippen LogP contribution in [0.3, 0.4) is 0 Å². The molecule has 2 rings (SSSR count). The van der Waals surface area contributed by atoms with Crippen molar-refractivity contribution in [3.63, 3.8) is 0 Å². The molecule has 0 radical (unpaired) electrons. The second kappa shape index (κ2) is 5.68. The first-order chi connectivity index (χ1) is 7.90.